The van der Waals surface area contributed by atoms with Crippen molar-refractivity contribution in [1.82, 2.24) is 15.0 Å². The molecule has 2 aromatic heterocycles. The van der Waals surface area contributed by atoms with Crippen molar-refractivity contribution in [3.8, 4) is 0 Å². The van der Waals surface area contributed by atoms with Crippen LogP contribution in [0.2, 0.25) is 5.02 Å². The van der Waals surface area contributed by atoms with Crippen LogP contribution in [0, 0.1) is 0 Å². The number of amides is 1. The number of rotatable bonds is 5. The molecule has 0 aliphatic heterocycles. The number of nitrogens with zero attached hydrogens (tertiary/aromatic N) is 3. The maximum Gasteiger partial charge on any atom is 0.262 e. The number of aromatic nitrogens is 2. The van der Waals surface area contributed by atoms with E-state index < -0.39 is 5.91 Å². The third kappa shape index (κ3) is 4.12. The lowest BCUT2D eigenvalue weighted by atomic mass is 10.2. The largest absolute Gasteiger partial charge is 0.289 e. The van der Waals surface area contributed by atoms with E-state index in [1.165, 1.54) is 28.4 Å². The number of carbonyl (C=O) groups is 1. The van der Waals surface area contributed by atoms with Crippen LogP contribution in [0.15, 0.2) is 46.6 Å². The van der Waals surface area contributed by atoms with Crippen LogP contribution < -0.4 is 11.0 Å². The summed E-state index contributed by atoms with van der Waals surface area (Å²) in [5.74, 6) is -0.410. The first-order valence-electron chi connectivity index (χ1n) is 7.62. The van der Waals surface area contributed by atoms with Crippen LogP contribution in [-0.4, -0.2) is 21.7 Å². The normalized spacial score (nSPS) is 11.3. The number of nitrogens with one attached hydrogen (secondary N) is 1. The lowest BCUT2D eigenvalue weighted by molar-refractivity contribution is -0.121. The van der Waals surface area contributed by atoms with Crippen molar-refractivity contribution in [3.63, 3.8) is 0 Å². The Morgan fingerprint density at radius 3 is 3.04 bits per heavy atom. The zero-order valence-electron chi connectivity index (χ0n) is 13.4. The van der Waals surface area contributed by atoms with E-state index in [4.69, 9.17) is 11.6 Å². The molecule has 0 saturated carbocycles. The van der Waals surface area contributed by atoms with Gasteiger partial charge in [-0.25, -0.2) is 10.4 Å². The predicted octanol–water partition coefficient (Wildman–Crippen LogP) is 2.82. The van der Waals surface area contributed by atoms with Crippen molar-refractivity contribution < 1.29 is 4.79 Å². The molecule has 0 radical (unpaired) electrons. The van der Waals surface area contributed by atoms with Gasteiger partial charge in [-0.1, -0.05) is 30.7 Å². The SMILES string of the molecule is CCc1cc2c(=O)n(CC(=O)NN=Cc3cccc(Cl)c3)cnc2s1. The standard InChI is InChI=1S/C17H15ClN4O2S/c1-2-13-7-14-16(25-13)19-10-22(17(14)24)9-15(23)21-20-8-11-4-3-5-12(18)6-11/h3-8,10H,2,9H2,1H3,(H,21,23). The summed E-state index contributed by atoms with van der Waals surface area (Å²) < 4.78 is 1.28. The summed E-state index contributed by atoms with van der Waals surface area (Å²) in [4.78, 5) is 30.4. The molecule has 3 rings (SSSR count). The molecule has 0 spiro atoms. The monoisotopic (exact) mass is 374 g/mol. The van der Waals surface area contributed by atoms with Gasteiger partial charge in [0.2, 0.25) is 0 Å². The summed E-state index contributed by atoms with van der Waals surface area (Å²) in [6.07, 6.45) is 3.72. The number of thiophene rings is 1. The molecule has 1 aromatic carbocycles. The van der Waals surface area contributed by atoms with Crippen LogP contribution in [0.1, 0.15) is 17.4 Å². The number of hydrogen-bond acceptors (Lipinski definition) is 5. The van der Waals surface area contributed by atoms with E-state index in [1.807, 2.05) is 19.1 Å². The number of benzene rings is 1. The zero-order chi connectivity index (χ0) is 17.8. The highest BCUT2D eigenvalue weighted by molar-refractivity contribution is 7.18. The molecule has 0 atom stereocenters. The number of fused-ring (bicyclic) bond motifs is 1. The maximum absolute atomic E-state index is 12.4. The highest BCUT2D eigenvalue weighted by atomic mass is 35.5. The molecule has 0 saturated heterocycles. The maximum atomic E-state index is 12.4. The summed E-state index contributed by atoms with van der Waals surface area (Å²) in [6, 6.07) is 8.91. The third-order valence-electron chi connectivity index (χ3n) is 3.48. The van der Waals surface area contributed by atoms with E-state index in [2.05, 4.69) is 15.5 Å². The van der Waals surface area contributed by atoms with Gasteiger partial charge >= 0.3 is 0 Å². The van der Waals surface area contributed by atoms with Gasteiger partial charge in [0.25, 0.3) is 11.5 Å². The minimum atomic E-state index is -0.410. The van der Waals surface area contributed by atoms with Crippen LogP contribution in [0.4, 0.5) is 0 Å². The van der Waals surface area contributed by atoms with E-state index in [9.17, 15) is 9.59 Å². The quantitative estimate of drug-likeness (QED) is 0.551. The summed E-state index contributed by atoms with van der Waals surface area (Å²) in [6.45, 7) is 1.88. The average molecular weight is 375 g/mol. The first-order valence-corrected chi connectivity index (χ1v) is 8.81. The molecule has 3 aromatic rings. The minimum absolute atomic E-state index is 0.147. The molecule has 1 N–H and O–H groups in total. The van der Waals surface area contributed by atoms with Crippen LogP contribution in [0.25, 0.3) is 10.2 Å². The average Bonchev–Trinajstić information content (AvgIpc) is 3.02. The summed E-state index contributed by atoms with van der Waals surface area (Å²) in [5.41, 5.74) is 2.93. The van der Waals surface area contributed by atoms with Crippen molar-refractivity contribution in [1.29, 1.82) is 0 Å². The lowest BCUT2D eigenvalue weighted by Gasteiger charge is -2.03. The second kappa shape index (κ2) is 7.58. The van der Waals surface area contributed by atoms with Crippen LogP contribution in [0.5, 0.6) is 0 Å². The van der Waals surface area contributed by atoms with Crippen molar-refractivity contribution >= 4 is 45.3 Å². The van der Waals surface area contributed by atoms with E-state index in [1.54, 1.807) is 18.2 Å². The fourth-order valence-corrected chi connectivity index (χ4v) is 3.38. The van der Waals surface area contributed by atoms with Gasteiger partial charge in [-0.15, -0.1) is 11.3 Å². The fraction of sp³-hybridized carbons (Fsp3) is 0.176. The van der Waals surface area contributed by atoms with Crippen LogP contribution in [-0.2, 0) is 17.8 Å². The highest BCUT2D eigenvalue weighted by Crippen LogP contribution is 2.20. The first-order chi connectivity index (χ1) is 12.1. The number of hydrazone groups is 1. The Kier molecular flexibility index (Phi) is 5.25. The molecular formula is C17H15ClN4O2S. The number of hydrogen-bond donors (Lipinski definition) is 1. The molecule has 8 heteroatoms. The topological polar surface area (TPSA) is 76.3 Å². The van der Waals surface area contributed by atoms with Crippen molar-refractivity contribution in [2.75, 3.05) is 0 Å². The van der Waals surface area contributed by atoms with Gasteiger partial charge in [0, 0.05) is 9.90 Å². The Hall–Kier alpha value is -2.51. The van der Waals surface area contributed by atoms with Gasteiger partial charge in [0.1, 0.15) is 11.4 Å². The second-order valence-corrected chi connectivity index (χ2v) is 6.86. The van der Waals surface area contributed by atoms with Crippen LogP contribution >= 0.6 is 22.9 Å². The Balaban J connectivity index is 1.69. The molecule has 0 aliphatic rings. The van der Waals surface area contributed by atoms with Crippen molar-refractivity contribution in [2.24, 2.45) is 5.10 Å². The third-order valence-corrected chi connectivity index (χ3v) is 4.91. The number of aryl methyl sites for hydroxylation is 1. The smallest absolute Gasteiger partial charge is 0.262 e. The van der Waals surface area contributed by atoms with Gasteiger partial charge in [-0.2, -0.15) is 5.10 Å². The van der Waals surface area contributed by atoms with Crippen molar-refractivity contribution in [3.05, 3.63) is 62.5 Å². The Labute approximate surface area is 152 Å². The molecule has 128 valence electrons. The van der Waals surface area contributed by atoms with Gasteiger partial charge in [-0.05, 0) is 30.2 Å². The highest BCUT2D eigenvalue weighted by Gasteiger charge is 2.10. The molecule has 2 heterocycles. The van der Waals surface area contributed by atoms with E-state index in [-0.39, 0.29) is 12.1 Å². The van der Waals surface area contributed by atoms with Gasteiger partial charge in [-0.3, -0.25) is 14.2 Å². The molecule has 25 heavy (non-hydrogen) atoms. The zero-order valence-corrected chi connectivity index (χ0v) is 15.0. The molecule has 1 amide bonds. The summed E-state index contributed by atoms with van der Waals surface area (Å²) >= 11 is 7.37. The summed E-state index contributed by atoms with van der Waals surface area (Å²) in [5, 5.41) is 5.00. The molecule has 0 aliphatic carbocycles. The molecule has 0 bridgehead atoms. The molecule has 6 nitrogen and oxygen atoms in total. The minimum Gasteiger partial charge on any atom is -0.289 e. The molecular weight excluding hydrogens is 360 g/mol. The summed E-state index contributed by atoms with van der Waals surface area (Å²) in [7, 11) is 0. The van der Waals surface area contributed by atoms with E-state index in [0.717, 1.165) is 16.9 Å². The lowest BCUT2D eigenvalue weighted by Crippen LogP contribution is -2.29. The first kappa shape index (κ1) is 17.3. The number of carbonyl (C=O) groups excluding carboxylic acids is 1. The molecule has 0 fully saturated rings. The van der Waals surface area contributed by atoms with Gasteiger partial charge < -0.3 is 0 Å². The Bertz CT molecular complexity index is 1010. The van der Waals surface area contributed by atoms with Crippen molar-refractivity contribution in [2.45, 2.75) is 19.9 Å². The molecule has 0 unspecified atom stereocenters. The Morgan fingerprint density at radius 1 is 1.44 bits per heavy atom. The second-order valence-electron chi connectivity index (χ2n) is 5.31. The van der Waals surface area contributed by atoms with E-state index >= 15 is 0 Å². The van der Waals surface area contributed by atoms with Crippen LogP contribution in [0.3, 0.4) is 0 Å². The van der Waals surface area contributed by atoms with Gasteiger partial charge in [0.05, 0.1) is 17.9 Å². The Morgan fingerprint density at radius 2 is 2.28 bits per heavy atom. The number of halogens is 1. The fourth-order valence-electron chi connectivity index (χ4n) is 2.25. The van der Waals surface area contributed by atoms with E-state index in [0.29, 0.717) is 15.2 Å². The predicted molar refractivity (Wildman–Crippen MR) is 100 cm³/mol. The van der Waals surface area contributed by atoms with Gasteiger partial charge in [0.15, 0.2) is 0 Å².